The van der Waals surface area contributed by atoms with Gasteiger partial charge in [0.15, 0.2) is 0 Å². The third-order valence-electron chi connectivity index (χ3n) is 6.49. The van der Waals surface area contributed by atoms with E-state index in [1.807, 2.05) is 30.3 Å². The number of benzene rings is 1. The van der Waals surface area contributed by atoms with Crippen molar-refractivity contribution in [1.29, 1.82) is 0 Å². The van der Waals surface area contributed by atoms with E-state index < -0.39 is 16.8 Å². The van der Waals surface area contributed by atoms with Crippen LogP contribution in [0.5, 0.6) is 0 Å². The van der Waals surface area contributed by atoms with Gasteiger partial charge in [-0.1, -0.05) is 39.0 Å². The maximum absolute atomic E-state index is 13.2. The fourth-order valence-corrected chi connectivity index (χ4v) is 6.58. The molecule has 2 unspecified atom stereocenters. The number of esters is 1. The molecule has 0 saturated carbocycles. The molecule has 0 aliphatic heterocycles. The summed E-state index contributed by atoms with van der Waals surface area (Å²) in [6.07, 6.45) is 2.64. The van der Waals surface area contributed by atoms with Crippen molar-refractivity contribution in [1.82, 2.24) is 5.27 Å². The molecular weight excluding hydrogens is 498 g/mol. The van der Waals surface area contributed by atoms with Crippen LogP contribution in [0.25, 0.3) is 5.69 Å². The molecule has 1 aromatic carbocycles. The Morgan fingerprint density at radius 2 is 2.03 bits per heavy atom. The van der Waals surface area contributed by atoms with Gasteiger partial charge in [0.25, 0.3) is 0 Å². The van der Waals surface area contributed by atoms with Gasteiger partial charge < -0.3 is 10.1 Å². The third kappa shape index (κ3) is 5.44. The van der Waals surface area contributed by atoms with E-state index >= 15 is 0 Å². The number of thioether (sulfide) groups is 1. The summed E-state index contributed by atoms with van der Waals surface area (Å²) in [6, 6.07) is 9.21. The van der Waals surface area contributed by atoms with Crippen LogP contribution in [0, 0.1) is 11.3 Å². The number of carbonyl (C=O) groups is 2. The lowest BCUT2D eigenvalue weighted by molar-refractivity contribution is -0.704. The highest BCUT2D eigenvalue weighted by atomic mass is 32.2. The molecule has 2 atom stereocenters. The van der Waals surface area contributed by atoms with Crippen molar-refractivity contribution < 1.29 is 23.5 Å². The largest absolute Gasteiger partial charge is 0.462 e. The number of aromatic nitrogens is 2. The second kappa shape index (κ2) is 10.6. The van der Waals surface area contributed by atoms with Gasteiger partial charge in [-0.15, -0.1) is 11.3 Å². The highest BCUT2D eigenvalue weighted by Gasteiger charge is 2.35. The predicted molar refractivity (Wildman–Crippen MR) is 140 cm³/mol. The fraction of sp³-hybridized carbons (Fsp3) is 0.462. The lowest BCUT2D eigenvalue weighted by Crippen LogP contribution is -2.37. The lowest BCUT2D eigenvalue weighted by Gasteiger charge is -2.33. The van der Waals surface area contributed by atoms with Gasteiger partial charge in [0.05, 0.1) is 17.4 Å². The molecule has 1 aliphatic rings. The molecule has 4 rings (SSSR count). The Kier molecular flexibility index (Phi) is 7.75. The fourth-order valence-electron chi connectivity index (χ4n) is 4.38. The van der Waals surface area contributed by atoms with Crippen molar-refractivity contribution in [3.05, 3.63) is 56.8 Å². The number of anilines is 1. The molecule has 3 aromatic rings. The maximum Gasteiger partial charge on any atom is 0.442 e. The number of fused-ring (bicyclic) bond motifs is 1. The molecule has 0 bridgehead atoms. The van der Waals surface area contributed by atoms with Crippen LogP contribution in [-0.2, 0) is 22.4 Å². The van der Waals surface area contributed by atoms with Crippen LogP contribution in [0.3, 0.4) is 0 Å². The summed E-state index contributed by atoms with van der Waals surface area (Å²) in [7, 11) is 0. The highest BCUT2D eigenvalue weighted by molar-refractivity contribution is 8.00. The number of hydrogen-bond acceptors (Lipinski definition) is 7. The summed E-state index contributed by atoms with van der Waals surface area (Å²) in [5, 5.41) is 5.69. The lowest BCUT2D eigenvalue weighted by atomic mass is 9.72. The zero-order valence-corrected chi connectivity index (χ0v) is 22.8. The first-order valence-electron chi connectivity index (χ1n) is 12.1. The highest BCUT2D eigenvalue weighted by Crippen LogP contribution is 2.44. The topological polar surface area (TPSA) is 105 Å². The molecule has 2 heterocycles. The van der Waals surface area contributed by atoms with E-state index in [1.165, 1.54) is 16.0 Å². The van der Waals surface area contributed by atoms with E-state index in [2.05, 4.69) is 31.4 Å². The van der Waals surface area contributed by atoms with Crippen molar-refractivity contribution >= 4 is 40.0 Å². The van der Waals surface area contributed by atoms with Gasteiger partial charge in [-0.25, -0.2) is 9.59 Å². The number of H-pyrrole nitrogens is 1. The Hall–Kier alpha value is -2.85. The van der Waals surface area contributed by atoms with E-state index in [4.69, 9.17) is 9.26 Å². The molecular formula is C26H32N3O5S2+. The second-order valence-electron chi connectivity index (χ2n) is 9.94. The maximum atomic E-state index is 13.2. The number of hydrogen-bond donors (Lipinski definition) is 2. The third-order valence-corrected chi connectivity index (χ3v) is 8.80. The van der Waals surface area contributed by atoms with Crippen molar-refractivity contribution in [3.63, 3.8) is 0 Å². The summed E-state index contributed by atoms with van der Waals surface area (Å²) >= 11 is 2.55. The van der Waals surface area contributed by atoms with Crippen LogP contribution in [0.4, 0.5) is 5.00 Å². The monoisotopic (exact) mass is 530 g/mol. The number of carbonyl (C=O) groups excluding carboxylic acids is 2. The Balaban J connectivity index is 1.58. The van der Waals surface area contributed by atoms with Gasteiger partial charge in [0, 0.05) is 17.0 Å². The van der Waals surface area contributed by atoms with Crippen LogP contribution in [0.15, 0.2) is 44.7 Å². The van der Waals surface area contributed by atoms with Crippen molar-refractivity contribution in [3.8, 4) is 5.69 Å². The minimum Gasteiger partial charge on any atom is -0.462 e. The predicted octanol–water partition coefficient (Wildman–Crippen LogP) is 4.75. The zero-order chi connectivity index (χ0) is 26.0. The number of ether oxygens (including phenoxy) is 1. The molecule has 0 saturated heterocycles. The van der Waals surface area contributed by atoms with Crippen molar-refractivity contribution in [2.75, 3.05) is 11.9 Å². The van der Waals surface area contributed by atoms with Gasteiger partial charge in [-0.2, -0.15) is 0 Å². The standard InChI is InChI=1S/C26H31N3O5S2/c1-6-33-24(31)20-18-13-12-16(26(3,4)5)14-19(18)36-22(20)27-21(30)15(2)35-23-25(32)34-28-29(23)17-10-8-7-9-11-17/h7-11,15-16H,6,12-14H2,1-5H3,(H-,27,28,30,31,32)/p+1. The Labute approximate surface area is 218 Å². The molecule has 8 nitrogen and oxygen atoms in total. The molecule has 2 N–H and O–H groups in total. The minimum atomic E-state index is -0.629. The van der Waals surface area contributed by atoms with Crippen LogP contribution >= 0.6 is 23.1 Å². The number of nitrogens with one attached hydrogen (secondary N) is 2. The van der Waals surface area contributed by atoms with Gasteiger partial charge in [-0.3, -0.25) is 9.32 Å². The van der Waals surface area contributed by atoms with Crippen molar-refractivity contribution in [2.45, 2.75) is 64.2 Å². The average Bonchev–Trinajstić information content (AvgIpc) is 3.38. The zero-order valence-electron chi connectivity index (χ0n) is 21.2. The quantitative estimate of drug-likeness (QED) is 0.259. The van der Waals surface area contributed by atoms with Crippen LogP contribution in [-0.4, -0.2) is 29.0 Å². The summed E-state index contributed by atoms with van der Waals surface area (Å²) in [5.41, 5.74) is 1.77. The minimum absolute atomic E-state index is 0.159. The molecule has 2 aromatic heterocycles. The number of rotatable bonds is 7. The van der Waals surface area contributed by atoms with Gasteiger partial charge in [-0.05, 0) is 71.7 Å². The SMILES string of the molecule is CCOC(=O)c1c(NC(=O)C(C)Sc2c(=O)o[nH][n+]2-c2ccccc2)sc2c1CCC(C(C)(C)C)C2. The number of para-hydroxylation sites is 1. The average molecular weight is 531 g/mol. The summed E-state index contributed by atoms with van der Waals surface area (Å²) in [4.78, 5) is 39.6. The summed E-state index contributed by atoms with van der Waals surface area (Å²) in [5.74, 6) is -0.220. The Morgan fingerprint density at radius 3 is 2.69 bits per heavy atom. The van der Waals surface area contributed by atoms with Crippen LogP contribution in [0.1, 0.15) is 61.8 Å². The van der Waals surface area contributed by atoms with Gasteiger partial charge >= 0.3 is 16.6 Å². The molecule has 1 aliphatic carbocycles. The first kappa shape index (κ1) is 26.2. The first-order chi connectivity index (χ1) is 17.1. The van der Waals surface area contributed by atoms with E-state index in [0.717, 1.165) is 41.5 Å². The smallest absolute Gasteiger partial charge is 0.442 e. The number of nitrogens with zero attached hydrogens (tertiary/aromatic N) is 1. The normalized spacial score (nSPS) is 16.3. The molecule has 0 radical (unpaired) electrons. The number of amides is 1. The van der Waals surface area contributed by atoms with Gasteiger partial charge in [0.1, 0.15) is 5.00 Å². The van der Waals surface area contributed by atoms with Crippen LogP contribution < -0.4 is 15.6 Å². The first-order valence-corrected chi connectivity index (χ1v) is 13.8. The summed E-state index contributed by atoms with van der Waals surface area (Å²) in [6.45, 7) is 10.5. The Morgan fingerprint density at radius 1 is 1.31 bits per heavy atom. The summed E-state index contributed by atoms with van der Waals surface area (Å²) < 4.78 is 11.8. The van der Waals surface area contributed by atoms with Crippen LogP contribution in [0.2, 0.25) is 0 Å². The molecule has 36 heavy (non-hydrogen) atoms. The number of aromatic amines is 1. The molecule has 0 spiro atoms. The Bertz CT molecular complexity index is 1300. The molecule has 1 amide bonds. The van der Waals surface area contributed by atoms with E-state index in [9.17, 15) is 14.4 Å². The number of thiophene rings is 1. The second-order valence-corrected chi connectivity index (χ2v) is 12.4. The van der Waals surface area contributed by atoms with E-state index in [-0.39, 0.29) is 23.0 Å². The molecule has 0 fully saturated rings. The van der Waals surface area contributed by atoms with Crippen molar-refractivity contribution in [2.24, 2.45) is 11.3 Å². The van der Waals surface area contributed by atoms with Gasteiger partial charge in [0.2, 0.25) is 11.6 Å². The van der Waals surface area contributed by atoms with E-state index in [1.54, 1.807) is 13.8 Å². The van der Waals surface area contributed by atoms with E-state index in [0.29, 0.717) is 22.2 Å². The molecule has 192 valence electrons. The molecule has 10 heteroatoms.